The van der Waals surface area contributed by atoms with Crippen molar-refractivity contribution in [1.29, 1.82) is 0 Å². The average molecular weight is 642 g/mol. The lowest BCUT2D eigenvalue weighted by Crippen LogP contribution is -2.20. The number of aromatic hydroxyl groups is 1. The van der Waals surface area contributed by atoms with Gasteiger partial charge in [-0.05, 0) is 61.2 Å². The van der Waals surface area contributed by atoms with E-state index >= 15 is 0 Å². The van der Waals surface area contributed by atoms with Crippen molar-refractivity contribution in [2.45, 2.75) is 12.5 Å². The van der Waals surface area contributed by atoms with Crippen LogP contribution in [0.3, 0.4) is 0 Å². The zero-order valence-corrected chi connectivity index (χ0v) is 22.9. The maximum absolute atomic E-state index is 13.5. The largest absolute Gasteiger partial charge is 0.507 e. The molecule has 0 saturated heterocycles. The number of ketones is 2. The van der Waals surface area contributed by atoms with Crippen LogP contribution in [0.1, 0.15) is 44.4 Å². The van der Waals surface area contributed by atoms with Gasteiger partial charge in [-0.2, -0.15) is 0 Å². The Hall–Kier alpha value is -3.62. The number of carbonyl (C=O) groups is 2. The number of phenols is 1. The van der Waals surface area contributed by atoms with Crippen molar-refractivity contribution in [3.63, 3.8) is 0 Å². The Morgan fingerprint density at radius 2 is 1.50 bits per heavy atom. The number of benzene rings is 4. The second kappa shape index (κ2) is 12.3. The summed E-state index contributed by atoms with van der Waals surface area (Å²) in [6.45, 7) is 0. The van der Waals surface area contributed by atoms with Crippen molar-refractivity contribution in [3.8, 4) is 11.5 Å². The molecule has 0 bridgehead atoms. The summed E-state index contributed by atoms with van der Waals surface area (Å²) in [5.41, 5.74) is 2.28. The fraction of sp³-hybridized carbons (Fsp3) is 0.0667. The third-order valence-electron chi connectivity index (χ3n) is 5.67. The molecule has 1 unspecified atom stereocenters. The number of hydrogen-bond donors (Lipinski definition) is 1. The topological polar surface area (TPSA) is 63.6 Å². The third-order valence-corrected chi connectivity index (χ3v) is 6.88. The standard InChI is InChI=1S/2C15H10BrFO2/c16-11-6-10-13(18)8-14(9-4-2-1-3-5-9)19-15(10)7-12(11)17;16-12-8-11(15(19)9-13(12)17)14(18)7-6-10-4-2-1-3-5-10/h1-7,14H,8H2;1-9,19H. The minimum Gasteiger partial charge on any atom is -0.507 e. The van der Waals surface area contributed by atoms with Crippen molar-refractivity contribution in [3.05, 3.63) is 134 Å². The lowest BCUT2D eigenvalue weighted by Gasteiger charge is -2.25. The molecular weight excluding hydrogens is 622 g/mol. The van der Waals surface area contributed by atoms with Crippen LogP contribution >= 0.6 is 31.9 Å². The highest BCUT2D eigenvalue weighted by Gasteiger charge is 2.28. The van der Waals surface area contributed by atoms with Crippen LogP contribution < -0.4 is 4.74 Å². The third kappa shape index (κ3) is 6.62. The second-order valence-electron chi connectivity index (χ2n) is 8.30. The fourth-order valence-corrected chi connectivity index (χ4v) is 4.42. The van der Waals surface area contributed by atoms with Gasteiger partial charge in [-0.3, -0.25) is 9.59 Å². The van der Waals surface area contributed by atoms with Crippen LogP contribution in [0.25, 0.3) is 6.08 Å². The monoisotopic (exact) mass is 640 g/mol. The van der Waals surface area contributed by atoms with Crippen molar-refractivity contribution in [1.82, 2.24) is 0 Å². The highest BCUT2D eigenvalue weighted by Crippen LogP contribution is 2.37. The average Bonchev–Trinajstić information content (AvgIpc) is 2.92. The maximum Gasteiger partial charge on any atom is 0.189 e. The lowest BCUT2D eigenvalue weighted by atomic mass is 9.96. The summed E-state index contributed by atoms with van der Waals surface area (Å²) >= 11 is 6.06. The minimum atomic E-state index is -0.610. The summed E-state index contributed by atoms with van der Waals surface area (Å²) in [6.07, 6.45) is 2.91. The number of hydrogen-bond acceptors (Lipinski definition) is 4. The molecule has 4 aromatic rings. The first-order valence-corrected chi connectivity index (χ1v) is 13.0. The Morgan fingerprint density at radius 1 is 0.895 bits per heavy atom. The number of Topliss-reactive ketones (excluding diaryl/α,β-unsaturated/α-hetero) is 1. The molecule has 192 valence electrons. The number of halogens is 4. The fourth-order valence-electron chi connectivity index (χ4n) is 3.73. The molecule has 4 nitrogen and oxygen atoms in total. The molecule has 1 aliphatic rings. The molecule has 1 N–H and O–H groups in total. The predicted molar refractivity (Wildman–Crippen MR) is 148 cm³/mol. The van der Waals surface area contributed by atoms with Crippen LogP contribution in [-0.4, -0.2) is 16.7 Å². The van der Waals surface area contributed by atoms with Gasteiger partial charge in [0.2, 0.25) is 0 Å². The van der Waals surface area contributed by atoms with Gasteiger partial charge in [0.25, 0.3) is 0 Å². The molecule has 0 amide bonds. The molecule has 1 aliphatic heterocycles. The van der Waals surface area contributed by atoms with E-state index < -0.39 is 11.6 Å². The van der Waals surface area contributed by atoms with E-state index in [-0.39, 0.29) is 44.3 Å². The summed E-state index contributed by atoms with van der Waals surface area (Å²) in [7, 11) is 0. The van der Waals surface area contributed by atoms with Gasteiger partial charge in [-0.1, -0.05) is 66.7 Å². The molecule has 8 heteroatoms. The number of rotatable bonds is 4. The quantitative estimate of drug-likeness (QED) is 0.179. The summed E-state index contributed by atoms with van der Waals surface area (Å²) in [4.78, 5) is 24.0. The molecule has 0 fully saturated rings. The second-order valence-corrected chi connectivity index (χ2v) is 10.0. The van der Waals surface area contributed by atoms with Crippen molar-refractivity contribution >= 4 is 49.5 Å². The summed E-state index contributed by atoms with van der Waals surface area (Å²) in [5.74, 6) is -1.52. The minimum absolute atomic E-state index is 0.0317. The zero-order valence-electron chi connectivity index (χ0n) is 19.7. The molecule has 4 aromatic carbocycles. The first kappa shape index (κ1) is 27.4. The number of ether oxygens (including phenoxy) is 1. The van der Waals surface area contributed by atoms with Crippen molar-refractivity contribution in [2.75, 3.05) is 0 Å². The van der Waals surface area contributed by atoms with Crippen LogP contribution in [0.15, 0.2) is 100.0 Å². The van der Waals surface area contributed by atoms with E-state index in [1.54, 1.807) is 6.08 Å². The van der Waals surface area contributed by atoms with E-state index in [1.807, 2.05) is 60.7 Å². The molecule has 0 saturated carbocycles. The van der Waals surface area contributed by atoms with Gasteiger partial charge in [0.15, 0.2) is 11.6 Å². The number of phenolic OH excluding ortho intramolecular Hbond substituents is 1. The number of carbonyl (C=O) groups excluding carboxylic acids is 2. The Bertz CT molecular complexity index is 1510. The highest BCUT2D eigenvalue weighted by atomic mass is 79.9. The molecule has 0 aromatic heterocycles. The first-order chi connectivity index (χ1) is 18.2. The van der Waals surface area contributed by atoms with E-state index in [0.717, 1.165) is 17.2 Å². The number of fused-ring (bicyclic) bond motifs is 1. The van der Waals surface area contributed by atoms with Crippen LogP contribution in [0.5, 0.6) is 11.5 Å². The molecule has 0 radical (unpaired) electrons. The van der Waals surface area contributed by atoms with E-state index in [2.05, 4.69) is 31.9 Å². The highest BCUT2D eigenvalue weighted by molar-refractivity contribution is 9.10. The Kier molecular flexibility index (Phi) is 8.86. The van der Waals surface area contributed by atoms with Crippen LogP contribution in [0.4, 0.5) is 8.78 Å². The number of allylic oxidation sites excluding steroid dienone is 1. The van der Waals surface area contributed by atoms with Gasteiger partial charge in [0, 0.05) is 12.1 Å². The Labute approximate surface area is 234 Å². The van der Waals surface area contributed by atoms with Crippen LogP contribution in [0, 0.1) is 11.6 Å². The van der Waals surface area contributed by atoms with E-state index in [0.29, 0.717) is 11.3 Å². The van der Waals surface area contributed by atoms with Crippen LogP contribution in [0.2, 0.25) is 0 Å². The van der Waals surface area contributed by atoms with Crippen LogP contribution in [-0.2, 0) is 0 Å². The van der Waals surface area contributed by atoms with Gasteiger partial charge in [0.05, 0.1) is 26.5 Å². The zero-order chi connectivity index (χ0) is 27.2. The van der Waals surface area contributed by atoms with Gasteiger partial charge in [-0.15, -0.1) is 0 Å². The Balaban J connectivity index is 0.000000177. The van der Waals surface area contributed by atoms with E-state index in [1.165, 1.54) is 24.3 Å². The maximum atomic E-state index is 13.5. The molecule has 0 aliphatic carbocycles. The summed E-state index contributed by atoms with van der Waals surface area (Å²) in [5, 5.41) is 9.57. The molecule has 5 rings (SSSR count). The van der Waals surface area contributed by atoms with Gasteiger partial charge >= 0.3 is 0 Å². The van der Waals surface area contributed by atoms with Crippen molar-refractivity contribution in [2.24, 2.45) is 0 Å². The smallest absolute Gasteiger partial charge is 0.189 e. The molecule has 38 heavy (non-hydrogen) atoms. The molecule has 1 heterocycles. The SMILES string of the molecule is O=C(C=Cc1ccccc1)c1cc(Br)c(F)cc1O.O=C1CC(c2ccccc2)Oc2cc(F)c(Br)cc21. The summed E-state index contributed by atoms with van der Waals surface area (Å²) in [6, 6.07) is 23.7. The van der Waals surface area contributed by atoms with Crippen molar-refractivity contribution < 1.29 is 28.2 Å². The summed E-state index contributed by atoms with van der Waals surface area (Å²) < 4.78 is 32.8. The van der Waals surface area contributed by atoms with E-state index in [4.69, 9.17) is 4.74 Å². The Morgan fingerprint density at radius 3 is 2.18 bits per heavy atom. The molecule has 1 atom stereocenters. The first-order valence-electron chi connectivity index (χ1n) is 11.4. The van der Waals surface area contributed by atoms with Gasteiger partial charge in [0.1, 0.15) is 29.2 Å². The predicted octanol–water partition coefficient (Wildman–Crippen LogP) is 8.48. The van der Waals surface area contributed by atoms with Gasteiger partial charge in [-0.25, -0.2) is 8.78 Å². The lowest BCUT2D eigenvalue weighted by molar-refractivity contribution is 0.0848. The van der Waals surface area contributed by atoms with Gasteiger partial charge < -0.3 is 9.84 Å². The molecule has 0 spiro atoms. The molecular formula is C30H20Br2F2O4. The van der Waals surface area contributed by atoms with E-state index in [9.17, 15) is 23.5 Å². The normalized spacial score (nSPS) is 14.3.